The lowest BCUT2D eigenvalue weighted by atomic mass is 10.1. The molecule has 0 N–H and O–H groups in total. The second-order valence-electron chi connectivity index (χ2n) is 5.24. The maximum absolute atomic E-state index is 11.4. The SMILES string of the molecule is O=C1C/C=C\CCCCCCCCCCCC(=O)O1. The molecule has 0 saturated heterocycles. The second kappa shape index (κ2) is 10.8. The third kappa shape index (κ3) is 9.46. The molecule has 0 radical (unpaired) electrons. The number of carbonyl (C=O) groups excluding carboxylic acids is 2. The molecule has 19 heavy (non-hydrogen) atoms. The van der Waals surface area contributed by atoms with Crippen LogP contribution >= 0.6 is 0 Å². The number of hydrogen-bond acceptors (Lipinski definition) is 3. The Kier molecular flexibility index (Phi) is 9.03. The monoisotopic (exact) mass is 266 g/mol. The lowest BCUT2D eigenvalue weighted by Crippen LogP contribution is -2.11. The first kappa shape index (κ1) is 15.9. The van der Waals surface area contributed by atoms with Crippen LogP contribution in [-0.2, 0) is 14.3 Å². The van der Waals surface area contributed by atoms with Crippen LogP contribution in [0, 0.1) is 0 Å². The normalized spacial score (nSPS) is 23.4. The molecule has 1 aliphatic heterocycles. The summed E-state index contributed by atoms with van der Waals surface area (Å²) < 4.78 is 4.75. The van der Waals surface area contributed by atoms with E-state index in [1.165, 1.54) is 44.9 Å². The van der Waals surface area contributed by atoms with Crippen LogP contribution in [-0.4, -0.2) is 11.9 Å². The zero-order valence-electron chi connectivity index (χ0n) is 11.9. The van der Waals surface area contributed by atoms with Crippen molar-refractivity contribution in [3.05, 3.63) is 12.2 Å². The molecule has 1 aliphatic rings. The van der Waals surface area contributed by atoms with Gasteiger partial charge in [-0.25, -0.2) is 0 Å². The van der Waals surface area contributed by atoms with Gasteiger partial charge in [-0.3, -0.25) is 9.59 Å². The first-order valence-electron chi connectivity index (χ1n) is 7.67. The van der Waals surface area contributed by atoms with Crippen molar-refractivity contribution in [3.8, 4) is 0 Å². The van der Waals surface area contributed by atoms with Crippen LogP contribution in [0.4, 0.5) is 0 Å². The number of ether oxygens (including phenoxy) is 1. The van der Waals surface area contributed by atoms with Crippen LogP contribution in [0.25, 0.3) is 0 Å². The Balaban J connectivity index is 2.30. The second-order valence-corrected chi connectivity index (χ2v) is 5.24. The lowest BCUT2D eigenvalue weighted by Gasteiger charge is -2.02. The molecular weight excluding hydrogens is 240 g/mol. The van der Waals surface area contributed by atoms with E-state index in [9.17, 15) is 9.59 Å². The third-order valence-corrected chi connectivity index (χ3v) is 3.43. The molecule has 1 rings (SSSR count). The lowest BCUT2D eigenvalue weighted by molar-refractivity contribution is -0.159. The smallest absolute Gasteiger partial charge is 0.317 e. The predicted molar refractivity (Wildman–Crippen MR) is 75.6 cm³/mol. The number of carbonyl (C=O) groups is 2. The highest BCUT2D eigenvalue weighted by atomic mass is 16.6. The fourth-order valence-electron chi connectivity index (χ4n) is 2.29. The summed E-state index contributed by atoms with van der Waals surface area (Å²) in [7, 11) is 0. The largest absolute Gasteiger partial charge is 0.393 e. The Hall–Kier alpha value is -1.12. The van der Waals surface area contributed by atoms with Gasteiger partial charge in [0, 0.05) is 6.42 Å². The van der Waals surface area contributed by atoms with Crippen LogP contribution in [0.3, 0.4) is 0 Å². The van der Waals surface area contributed by atoms with Crippen LogP contribution in [0.15, 0.2) is 12.2 Å². The summed E-state index contributed by atoms with van der Waals surface area (Å²) in [5.74, 6) is -0.798. The van der Waals surface area contributed by atoms with Crippen LogP contribution in [0.1, 0.15) is 77.0 Å². The third-order valence-electron chi connectivity index (χ3n) is 3.43. The molecule has 3 heteroatoms. The van der Waals surface area contributed by atoms with E-state index in [0.717, 1.165) is 19.3 Å². The van der Waals surface area contributed by atoms with Crippen LogP contribution in [0.5, 0.6) is 0 Å². The zero-order valence-corrected chi connectivity index (χ0v) is 11.9. The van der Waals surface area contributed by atoms with Crippen molar-refractivity contribution >= 4 is 11.9 Å². The van der Waals surface area contributed by atoms with Crippen LogP contribution < -0.4 is 0 Å². The quantitative estimate of drug-likeness (QED) is 0.373. The maximum Gasteiger partial charge on any atom is 0.317 e. The Morgan fingerprint density at radius 2 is 1.26 bits per heavy atom. The minimum absolute atomic E-state index is 0.214. The summed E-state index contributed by atoms with van der Waals surface area (Å²) in [6, 6.07) is 0. The van der Waals surface area contributed by atoms with Gasteiger partial charge in [0.05, 0.1) is 6.42 Å². The summed E-state index contributed by atoms with van der Waals surface area (Å²) in [5, 5.41) is 0. The van der Waals surface area contributed by atoms with Gasteiger partial charge in [-0.15, -0.1) is 0 Å². The summed E-state index contributed by atoms with van der Waals surface area (Å²) in [5.41, 5.74) is 0. The molecule has 0 saturated carbocycles. The minimum atomic E-state index is -0.425. The maximum atomic E-state index is 11.4. The number of allylic oxidation sites excluding steroid dienone is 1. The van der Waals surface area contributed by atoms with Gasteiger partial charge in [0.1, 0.15) is 0 Å². The molecule has 0 amide bonds. The van der Waals surface area contributed by atoms with Gasteiger partial charge in [-0.05, 0) is 19.3 Å². The molecular formula is C16H26O3. The van der Waals surface area contributed by atoms with Gasteiger partial charge in [-0.2, -0.15) is 0 Å². The topological polar surface area (TPSA) is 43.4 Å². The van der Waals surface area contributed by atoms with E-state index in [1.54, 1.807) is 0 Å². The minimum Gasteiger partial charge on any atom is -0.393 e. The highest BCUT2D eigenvalue weighted by Gasteiger charge is 2.08. The molecule has 0 aromatic heterocycles. The summed E-state index contributed by atoms with van der Waals surface area (Å²) >= 11 is 0. The van der Waals surface area contributed by atoms with Crippen molar-refractivity contribution in [1.29, 1.82) is 0 Å². The van der Waals surface area contributed by atoms with E-state index in [4.69, 9.17) is 4.74 Å². The first-order valence-corrected chi connectivity index (χ1v) is 7.67. The van der Waals surface area contributed by atoms with E-state index < -0.39 is 5.97 Å². The van der Waals surface area contributed by atoms with Crippen molar-refractivity contribution in [1.82, 2.24) is 0 Å². The molecule has 108 valence electrons. The van der Waals surface area contributed by atoms with E-state index in [-0.39, 0.29) is 12.4 Å². The Morgan fingerprint density at radius 3 is 1.95 bits per heavy atom. The van der Waals surface area contributed by atoms with Gasteiger partial charge in [0.2, 0.25) is 0 Å². The first-order chi connectivity index (χ1) is 9.29. The van der Waals surface area contributed by atoms with Gasteiger partial charge in [0.25, 0.3) is 0 Å². The fourth-order valence-corrected chi connectivity index (χ4v) is 2.29. The van der Waals surface area contributed by atoms with Gasteiger partial charge >= 0.3 is 11.9 Å². The van der Waals surface area contributed by atoms with Crippen LogP contribution in [0.2, 0.25) is 0 Å². The number of esters is 2. The van der Waals surface area contributed by atoms with Gasteiger partial charge in [0.15, 0.2) is 0 Å². The summed E-state index contributed by atoms with van der Waals surface area (Å²) in [4.78, 5) is 22.7. The highest BCUT2D eigenvalue weighted by Crippen LogP contribution is 2.12. The predicted octanol–water partition coefficient (Wildman–Crippen LogP) is 4.31. The molecule has 0 aromatic rings. The molecule has 0 bridgehead atoms. The Morgan fingerprint density at radius 1 is 0.684 bits per heavy atom. The number of cyclic esters (lactones) is 2. The molecule has 0 aliphatic carbocycles. The van der Waals surface area contributed by atoms with E-state index in [1.807, 2.05) is 12.2 Å². The molecule has 0 unspecified atom stereocenters. The number of rotatable bonds is 0. The fraction of sp³-hybridized carbons (Fsp3) is 0.750. The van der Waals surface area contributed by atoms with Crippen molar-refractivity contribution in [2.45, 2.75) is 77.0 Å². The summed E-state index contributed by atoms with van der Waals surface area (Å²) in [6.45, 7) is 0. The molecule has 0 spiro atoms. The average molecular weight is 266 g/mol. The van der Waals surface area contributed by atoms with E-state index in [0.29, 0.717) is 6.42 Å². The van der Waals surface area contributed by atoms with Crippen molar-refractivity contribution in [2.75, 3.05) is 0 Å². The van der Waals surface area contributed by atoms with Crippen molar-refractivity contribution in [3.63, 3.8) is 0 Å². The Bertz CT molecular complexity index is 294. The molecule has 0 fully saturated rings. The zero-order chi connectivity index (χ0) is 13.8. The van der Waals surface area contributed by atoms with Gasteiger partial charge in [-0.1, -0.05) is 57.1 Å². The van der Waals surface area contributed by atoms with E-state index in [2.05, 4.69) is 0 Å². The van der Waals surface area contributed by atoms with Crippen molar-refractivity contribution < 1.29 is 14.3 Å². The number of hydrogen-bond donors (Lipinski definition) is 0. The van der Waals surface area contributed by atoms with E-state index >= 15 is 0 Å². The average Bonchev–Trinajstić information content (AvgIpc) is 2.38. The Labute approximate surface area is 116 Å². The molecule has 3 nitrogen and oxygen atoms in total. The molecule has 1 heterocycles. The van der Waals surface area contributed by atoms with Crippen molar-refractivity contribution in [2.24, 2.45) is 0 Å². The van der Waals surface area contributed by atoms with Gasteiger partial charge < -0.3 is 4.74 Å². The summed E-state index contributed by atoms with van der Waals surface area (Å²) in [6.07, 6.45) is 16.2. The molecule has 0 aromatic carbocycles. The standard InChI is InChI=1S/C16H26O3/c17-15-13-11-9-7-5-3-1-2-4-6-8-10-12-14-16(18)19-15/h9,11H,1-8,10,12-14H2/b11-9-. The highest BCUT2D eigenvalue weighted by molar-refractivity contribution is 5.86. The molecule has 0 atom stereocenters.